The number of rotatable bonds is 3. The van der Waals surface area contributed by atoms with Gasteiger partial charge >= 0.3 is 12.1 Å². The van der Waals surface area contributed by atoms with E-state index in [2.05, 4.69) is 19.8 Å². The largest absolute Gasteiger partial charge is 0.470 e. The molecule has 2 aromatic heterocycles. The van der Waals surface area contributed by atoms with Gasteiger partial charge in [0.05, 0.1) is 0 Å². The lowest BCUT2D eigenvalue weighted by atomic mass is 10.3. The molecule has 0 saturated carbocycles. The molecule has 0 fully saturated rings. The van der Waals surface area contributed by atoms with Crippen molar-refractivity contribution in [1.29, 1.82) is 0 Å². The van der Waals surface area contributed by atoms with Gasteiger partial charge in [-0.3, -0.25) is 0 Å². The number of fused-ring (bicyclic) bond motifs is 1. The summed E-state index contributed by atoms with van der Waals surface area (Å²) in [6.07, 6.45) is -4.67. The second-order valence-corrected chi connectivity index (χ2v) is 4.15. The first-order chi connectivity index (χ1) is 9.13. The summed E-state index contributed by atoms with van der Waals surface area (Å²) in [7, 11) is 0. The maximum Gasteiger partial charge on any atom is 0.456 e. The Balaban J connectivity index is 2.35. The highest BCUT2D eigenvalue weighted by Crippen LogP contribution is 2.36. The number of ether oxygens (including phenoxy) is 1. The van der Waals surface area contributed by atoms with Crippen LogP contribution in [0.4, 0.5) is 22.0 Å². The smallest absolute Gasteiger partial charge is 0.456 e. The van der Waals surface area contributed by atoms with Crippen molar-refractivity contribution in [3.8, 4) is 5.88 Å². The second-order valence-electron chi connectivity index (χ2n) is 3.80. The van der Waals surface area contributed by atoms with Gasteiger partial charge in [-0.15, -0.1) is 0 Å². The molecule has 0 radical (unpaired) electrons. The van der Waals surface area contributed by atoms with Crippen LogP contribution in [-0.4, -0.2) is 38.3 Å². The lowest BCUT2D eigenvalue weighted by Gasteiger charge is -2.20. The molecule has 20 heavy (non-hydrogen) atoms. The normalized spacial score (nSPS) is 12.9. The van der Waals surface area contributed by atoms with Crippen LogP contribution in [-0.2, 0) is 0 Å². The van der Waals surface area contributed by atoms with Crippen LogP contribution in [0.15, 0.2) is 6.33 Å². The monoisotopic (exact) mass is 316 g/mol. The molecule has 0 amide bonds. The number of hydrogen-bond donors (Lipinski definition) is 0. The van der Waals surface area contributed by atoms with Crippen molar-refractivity contribution < 1.29 is 26.7 Å². The topological polar surface area (TPSA) is 52.3 Å². The number of halogens is 6. The Hall–Kier alpha value is -1.71. The fourth-order valence-electron chi connectivity index (χ4n) is 1.28. The first kappa shape index (κ1) is 14.7. The van der Waals surface area contributed by atoms with Gasteiger partial charge in [-0.2, -0.15) is 41.5 Å². The van der Waals surface area contributed by atoms with E-state index in [4.69, 9.17) is 11.6 Å². The van der Waals surface area contributed by atoms with Crippen LogP contribution in [0.5, 0.6) is 5.88 Å². The summed E-state index contributed by atoms with van der Waals surface area (Å²) in [5, 5.41) is 3.49. The third kappa shape index (κ3) is 2.47. The second kappa shape index (κ2) is 4.69. The average Bonchev–Trinajstić information content (AvgIpc) is 2.75. The highest BCUT2D eigenvalue weighted by atomic mass is 35.5. The number of alkyl halides is 5. The highest BCUT2D eigenvalue weighted by Gasteiger charge is 2.58. The van der Waals surface area contributed by atoms with Gasteiger partial charge in [0.2, 0.25) is 5.88 Å². The fraction of sp³-hybridized carbons (Fsp3) is 0.444. The molecule has 0 atom stereocenters. The highest BCUT2D eigenvalue weighted by molar-refractivity contribution is 6.30. The van der Waals surface area contributed by atoms with Crippen LogP contribution < -0.4 is 4.74 Å². The first-order valence-electron chi connectivity index (χ1n) is 5.06. The van der Waals surface area contributed by atoms with E-state index in [1.807, 2.05) is 0 Å². The molecular weight excluding hydrogens is 311 g/mol. The molecule has 110 valence electrons. The van der Waals surface area contributed by atoms with E-state index >= 15 is 0 Å². The third-order valence-corrected chi connectivity index (χ3v) is 2.72. The van der Waals surface area contributed by atoms with Gasteiger partial charge in [0.1, 0.15) is 11.5 Å². The molecule has 2 heterocycles. The molecule has 11 heteroatoms. The third-order valence-electron chi connectivity index (χ3n) is 2.36. The molecule has 0 unspecified atom stereocenters. The minimum Gasteiger partial charge on any atom is -0.470 e. The molecule has 0 aliphatic heterocycles. The predicted octanol–water partition coefficient (Wildman–Crippen LogP) is 2.66. The van der Waals surface area contributed by atoms with E-state index in [1.165, 1.54) is 6.92 Å². The van der Waals surface area contributed by atoms with Crippen LogP contribution in [0.25, 0.3) is 5.78 Å². The van der Waals surface area contributed by atoms with E-state index < -0.39 is 18.7 Å². The molecule has 0 N–H and O–H groups in total. The van der Waals surface area contributed by atoms with Crippen LogP contribution in [0.1, 0.15) is 5.56 Å². The Kier molecular flexibility index (Phi) is 3.44. The summed E-state index contributed by atoms with van der Waals surface area (Å²) in [6, 6.07) is 0. The van der Waals surface area contributed by atoms with Crippen molar-refractivity contribution in [3.63, 3.8) is 0 Å². The van der Waals surface area contributed by atoms with Crippen molar-refractivity contribution >= 4 is 17.4 Å². The summed E-state index contributed by atoms with van der Waals surface area (Å²) < 4.78 is 67.3. The number of nitrogens with zero attached hydrogens (tertiary/aromatic N) is 4. The van der Waals surface area contributed by atoms with Gasteiger partial charge in [0, 0.05) is 5.56 Å². The van der Waals surface area contributed by atoms with Crippen molar-refractivity contribution in [2.45, 2.75) is 19.0 Å². The summed E-state index contributed by atoms with van der Waals surface area (Å²) >= 11 is 5.71. The quantitative estimate of drug-likeness (QED) is 0.645. The molecule has 0 aliphatic carbocycles. The van der Waals surface area contributed by atoms with E-state index in [9.17, 15) is 22.0 Å². The van der Waals surface area contributed by atoms with E-state index in [1.54, 1.807) is 0 Å². The summed E-state index contributed by atoms with van der Waals surface area (Å²) in [4.78, 5) is 7.40. The standard InChI is InChI=1S/C9H6ClF5N4O/c1-4-5(10)18-7-16-3-17-19(7)6(4)20-2-8(11,12)9(13,14)15/h3H,2H2,1H3. The van der Waals surface area contributed by atoms with Crippen LogP contribution >= 0.6 is 11.6 Å². The predicted molar refractivity (Wildman–Crippen MR) is 57.0 cm³/mol. The van der Waals surface area contributed by atoms with Crippen molar-refractivity contribution in [2.24, 2.45) is 0 Å². The fourth-order valence-corrected chi connectivity index (χ4v) is 1.44. The molecule has 2 rings (SSSR count). The molecule has 5 nitrogen and oxygen atoms in total. The van der Waals surface area contributed by atoms with Crippen LogP contribution in [0.2, 0.25) is 5.15 Å². The number of hydrogen-bond acceptors (Lipinski definition) is 4. The molecular formula is C9H6ClF5N4O. The lowest BCUT2D eigenvalue weighted by molar-refractivity contribution is -0.290. The van der Waals surface area contributed by atoms with Gasteiger partial charge < -0.3 is 4.74 Å². The average molecular weight is 317 g/mol. The Bertz CT molecular complexity index is 641. The molecule has 0 aliphatic rings. The number of aromatic nitrogens is 4. The SMILES string of the molecule is Cc1c(Cl)nc2ncnn2c1OCC(F)(F)C(F)(F)F. The minimum absolute atomic E-state index is 0.0719. The zero-order valence-electron chi connectivity index (χ0n) is 9.75. The van der Waals surface area contributed by atoms with Gasteiger partial charge in [-0.05, 0) is 6.92 Å². The van der Waals surface area contributed by atoms with Crippen LogP contribution in [0, 0.1) is 6.92 Å². The molecule has 0 aromatic carbocycles. The van der Waals surface area contributed by atoms with Gasteiger partial charge in [-0.1, -0.05) is 11.6 Å². The Morgan fingerprint density at radius 1 is 1.30 bits per heavy atom. The van der Waals surface area contributed by atoms with Crippen molar-refractivity contribution in [1.82, 2.24) is 19.6 Å². The van der Waals surface area contributed by atoms with Gasteiger partial charge in [-0.25, -0.2) is 0 Å². The van der Waals surface area contributed by atoms with Gasteiger partial charge in [0.25, 0.3) is 5.78 Å². The maximum absolute atomic E-state index is 12.8. The zero-order valence-corrected chi connectivity index (χ0v) is 10.5. The van der Waals surface area contributed by atoms with Crippen molar-refractivity contribution in [2.75, 3.05) is 6.61 Å². The molecule has 2 aromatic rings. The van der Waals surface area contributed by atoms with E-state index in [0.29, 0.717) is 0 Å². The van der Waals surface area contributed by atoms with Crippen LogP contribution in [0.3, 0.4) is 0 Å². The zero-order chi connectivity index (χ0) is 15.1. The first-order valence-corrected chi connectivity index (χ1v) is 5.44. The molecule has 0 saturated heterocycles. The van der Waals surface area contributed by atoms with E-state index in [0.717, 1.165) is 10.8 Å². The Morgan fingerprint density at radius 2 is 1.95 bits per heavy atom. The lowest BCUT2D eigenvalue weighted by Crippen LogP contribution is -2.42. The summed E-state index contributed by atoms with van der Waals surface area (Å²) in [5.74, 6) is -5.45. The molecule has 0 spiro atoms. The van der Waals surface area contributed by atoms with E-state index in [-0.39, 0.29) is 22.4 Å². The maximum atomic E-state index is 12.8. The minimum atomic E-state index is -5.71. The Labute approximate surface area is 113 Å². The summed E-state index contributed by atoms with van der Waals surface area (Å²) in [5.41, 5.74) is 0.0719. The van der Waals surface area contributed by atoms with Crippen molar-refractivity contribution in [3.05, 3.63) is 17.0 Å². The Morgan fingerprint density at radius 3 is 2.55 bits per heavy atom. The summed E-state index contributed by atoms with van der Waals surface area (Å²) in [6.45, 7) is -0.551. The molecule has 0 bridgehead atoms. The van der Waals surface area contributed by atoms with Gasteiger partial charge in [0.15, 0.2) is 6.61 Å².